The van der Waals surface area contributed by atoms with Gasteiger partial charge in [0.2, 0.25) is 0 Å². The van der Waals surface area contributed by atoms with Crippen molar-refractivity contribution in [3.8, 4) is 0 Å². The Morgan fingerprint density at radius 2 is 1.96 bits per heavy atom. The zero-order valence-corrected chi connectivity index (χ0v) is 16.5. The molecule has 0 saturated heterocycles. The first-order valence-electron chi connectivity index (χ1n) is 10.0. The van der Waals surface area contributed by atoms with Crippen molar-refractivity contribution in [2.45, 2.75) is 52.5 Å². The van der Waals surface area contributed by atoms with Gasteiger partial charge in [0.1, 0.15) is 5.82 Å². The summed E-state index contributed by atoms with van der Waals surface area (Å²) in [5.41, 5.74) is 1.42. The molecule has 0 bridgehead atoms. The Labute approximate surface area is 164 Å². The summed E-state index contributed by atoms with van der Waals surface area (Å²) in [5, 5.41) is 2.70. The van der Waals surface area contributed by atoms with Crippen LogP contribution in [-0.4, -0.2) is 39.4 Å². The van der Waals surface area contributed by atoms with Gasteiger partial charge in [0.25, 0.3) is 11.8 Å². The van der Waals surface area contributed by atoms with E-state index >= 15 is 0 Å². The van der Waals surface area contributed by atoms with Crippen molar-refractivity contribution in [2.75, 3.05) is 18.4 Å². The van der Waals surface area contributed by atoms with Gasteiger partial charge in [-0.25, -0.2) is 9.37 Å². The molecule has 1 aromatic heterocycles. The van der Waals surface area contributed by atoms with Crippen LogP contribution >= 0.6 is 0 Å². The summed E-state index contributed by atoms with van der Waals surface area (Å²) in [6.45, 7) is 6.09. The fraction of sp³-hybridized carbons (Fsp3) is 0.476. The summed E-state index contributed by atoms with van der Waals surface area (Å²) in [7, 11) is 0. The van der Waals surface area contributed by atoms with Crippen LogP contribution in [0.5, 0.6) is 0 Å². The number of carbonyl (C=O) groups excluding carboxylic acids is 2. The molecule has 0 fully saturated rings. The number of halogens is 1. The minimum atomic E-state index is -0.421. The standard InChI is InChI=1S/C21H27FN4O2/c1-3-11-25(12-4-2)21(28)19-24-18(17-10-5-6-13-26(17)19)20(27)23-16-9-7-8-15(22)14-16/h7-9,14H,3-6,10-13H2,1-2H3,(H,23,27). The lowest BCUT2D eigenvalue weighted by molar-refractivity contribution is 0.0737. The lowest BCUT2D eigenvalue weighted by Gasteiger charge is -2.23. The summed E-state index contributed by atoms with van der Waals surface area (Å²) < 4.78 is 15.3. The average Bonchev–Trinajstić information content (AvgIpc) is 3.07. The van der Waals surface area contributed by atoms with E-state index in [-0.39, 0.29) is 11.6 Å². The largest absolute Gasteiger partial charge is 0.336 e. The molecule has 1 aliphatic heterocycles. The smallest absolute Gasteiger partial charge is 0.289 e. The van der Waals surface area contributed by atoms with Crippen molar-refractivity contribution in [3.05, 3.63) is 47.3 Å². The van der Waals surface area contributed by atoms with Crippen LogP contribution in [0.3, 0.4) is 0 Å². The van der Waals surface area contributed by atoms with Crippen molar-refractivity contribution >= 4 is 17.5 Å². The Morgan fingerprint density at radius 1 is 1.21 bits per heavy atom. The third-order valence-electron chi connectivity index (χ3n) is 4.88. The molecule has 28 heavy (non-hydrogen) atoms. The summed E-state index contributed by atoms with van der Waals surface area (Å²) >= 11 is 0. The van der Waals surface area contributed by atoms with Gasteiger partial charge in [-0.3, -0.25) is 9.59 Å². The molecule has 2 aromatic rings. The van der Waals surface area contributed by atoms with Crippen molar-refractivity contribution < 1.29 is 14.0 Å². The first-order chi connectivity index (χ1) is 13.5. The van der Waals surface area contributed by atoms with E-state index in [0.717, 1.165) is 31.4 Å². The molecule has 3 rings (SSSR count). The van der Waals surface area contributed by atoms with E-state index in [4.69, 9.17) is 0 Å². The van der Waals surface area contributed by atoms with Crippen molar-refractivity contribution in [1.29, 1.82) is 0 Å². The molecule has 0 radical (unpaired) electrons. The molecule has 1 aromatic carbocycles. The number of imidazole rings is 1. The van der Waals surface area contributed by atoms with E-state index in [2.05, 4.69) is 10.3 Å². The summed E-state index contributed by atoms with van der Waals surface area (Å²) in [5.74, 6) is -0.624. The molecule has 0 aliphatic carbocycles. The number of fused-ring (bicyclic) bond motifs is 1. The number of hydrogen-bond acceptors (Lipinski definition) is 3. The van der Waals surface area contributed by atoms with Gasteiger partial charge in [0, 0.05) is 25.3 Å². The van der Waals surface area contributed by atoms with Crippen LogP contribution in [0, 0.1) is 5.82 Å². The van der Waals surface area contributed by atoms with Gasteiger partial charge in [-0.2, -0.15) is 0 Å². The fourth-order valence-corrected chi connectivity index (χ4v) is 3.64. The fourth-order valence-electron chi connectivity index (χ4n) is 3.64. The molecular weight excluding hydrogens is 359 g/mol. The quantitative estimate of drug-likeness (QED) is 0.785. The molecule has 2 heterocycles. The van der Waals surface area contributed by atoms with Crippen molar-refractivity contribution in [2.24, 2.45) is 0 Å². The van der Waals surface area contributed by atoms with Gasteiger partial charge in [0.15, 0.2) is 11.5 Å². The lowest BCUT2D eigenvalue weighted by Crippen LogP contribution is -2.35. The molecule has 150 valence electrons. The van der Waals surface area contributed by atoms with E-state index in [1.807, 2.05) is 18.4 Å². The van der Waals surface area contributed by atoms with E-state index < -0.39 is 11.7 Å². The molecule has 2 amide bonds. The minimum Gasteiger partial charge on any atom is -0.336 e. The van der Waals surface area contributed by atoms with Gasteiger partial charge < -0.3 is 14.8 Å². The average molecular weight is 386 g/mol. The zero-order valence-electron chi connectivity index (χ0n) is 16.5. The number of aromatic nitrogens is 2. The molecule has 0 spiro atoms. The van der Waals surface area contributed by atoms with Crippen LogP contribution in [0.1, 0.15) is 66.3 Å². The SMILES string of the molecule is CCCN(CCC)C(=O)c1nc(C(=O)Nc2cccc(F)c2)c2n1CCCC2. The highest BCUT2D eigenvalue weighted by molar-refractivity contribution is 6.05. The Bertz CT molecular complexity index is 856. The predicted octanol–water partition coefficient (Wildman–Crippen LogP) is 3.87. The third kappa shape index (κ3) is 4.24. The summed E-state index contributed by atoms with van der Waals surface area (Å²) in [4.78, 5) is 32.2. The van der Waals surface area contributed by atoms with Gasteiger partial charge in [0.05, 0.1) is 5.69 Å². The maximum atomic E-state index is 13.4. The van der Waals surface area contributed by atoms with Gasteiger partial charge in [-0.15, -0.1) is 0 Å². The number of nitrogens with one attached hydrogen (secondary N) is 1. The topological polar surface area (TPSA) is 67.2 Å². The molecule has 6 nitrogen and oxygen atoms in total. The Balaban J connectivity index is 1.92. The normalized spacial score (nSPS) is 13.1. The Kier molecular flexibility index (Phi) is 6.44. The lowest BCUT2D eigenvalue weighted by atomic mass is 10.1. The first-order valence-corrected chi connectivity index (χ1v) is 10.0. The van der Waals surface area contributed by atoms with Crippen LogP contribution < -0.4 is 5.32 Å². The minimum absolute atomic E-state index is 0.128. The van der Waals surface area contributed by atoms with Crippen LogP contribution in [0.15, 0.2) is 24.3 Å². The van der Waals surface area contributed by atoms with Crippen molar-refractivity contribution in [1.82, 2.24) is 14.5 Å². The number of rotatable bonds is 7. The summed E-state index contributed by atoms with van der Waals surface area (Å²) in [6, 6.07) is 5.74. The second-order valence-corrected chi connectivity index (χ2v) is 7.10. The van der Waals surface area contributed by atoms with Crippen LogP contribution in [0.4, 0.5) is 10.1 Å². The number of anilines is 1. The van der Waals surface area contributed by atoms with E-state index in [9.17, 15) is 14.0 Å². The Morgan fingerprint density at radius 3 is 2.64 bits per heavy atom. The number of carbonyl (C=O) groups is 2. The van der Waals surface area contributed by atoms with Crippen LogP contribution in [-0.2, 0) is 13.0 Å². The van der Waals surface area contributed by atoms with E-state index in [0.29, 0.717) is 37.6 Å². The molecule has 0 saturated carbocycles. The van der Waals surface area contributed by atoms with E-state index in [1.54, 1.807) is 11.0 Å². The van der Waals surface area contributed by atoms with Gasteiger partial charge >= 0.3 is 0 Å². The van der Waals surface area contributed by atoms with Gasteiger partial charge in [-0.05, 0) is 50.3 Å². The number of hydrogen-bond donors (Lipinski definition) is 1. The predicted molar refractivity (Wildman–Crippen MR) is 106 cm³/mol. The van der Waals surface area contributed by atoms with Gasteiger partial charge in [-0.1, -0.05) is 19.9 Å². The third-order valence-corrected chi connectivity index (χ3v) is 4.88. The highest BCUT2D eigenvalue weighted by atomic mass is 19.1. The highest BCUT2D eigenvalue weighted by Crippen LogP contribution is 2.23. The number of benzene rings is 1. The number of amides is 2. The molecule has 0 unspecified atom stereocenters. The van der Waals surface area contributed by atoms with Crippen LogP contribution in [0.2, 0.25) is 0 Å². The summed E-state index contributed by atoms with van der Waals surface area (Å²) in [6.07, 6.45) is 4.34. The second-order valence-electron chi connectivity index (χ2n) is 7.10. The number of nitrogens with zero attached hydrogens (tertiary/aromatic N) is 3. The highest BCUT2D eigenvalue weighted by Gasteiger charge is 2.29. The van der Waals surface area contributed by atoms with Crippen LogP contribution in [0.25, 0.3) is 0 Å². The zero-order chi connectivity index (χ0) is 20.1. The maximum absolute atomic E-state index is 13.4. The molecule has 1 N–H and O–H groups in total. The van der Waals surface area contributed by atoms with Crippen molar-refractivity contribution in [3.63, 3.8) is 0 Å². The maximum Gasteiger partial charge on any atom is 0.289 e. The molecule has 1 aliphatic rings. The molecule has 7 heteroatoms. The molecule has 0 atom stereocenters. The first kappa shape index (κ1) is 20.0. The monoisotopic (exact) mass is 386 g/mol. The Hall–Kier alpha value is -2.70. The van der Waals surface area contributed by atoms with E-state index in [1.165, 1.54) is 18.2 Å². The molecular formula is C21H27FN4O2. The second kappa shape index (κ2) is 8.99.